The molecule has 0 amide bonds. The summed E-state index contributed by atoms with van der Waals surface area (Å²) < 4.78 is 11.2. The Labute approximate surface area is 154 Å². The number of fused-ring (bicyclic) bond motifs is 5. The molecule has 0 unspecified atom stereocenters. The first-order chi connectivity index (χ1) is 12.6. The second-order valence-corrected chi connectivity index (χ2v) is 7.72. The Hall–Kier alpha value is -2.10. The van der Waals surface area contributed by atoms with Gasteiger partial charge in [0.15, 0.2) is 0 Å². The molecule has 4 rings (SSSR count). The van der Waals surface area contributed by atoms with E-state index in [1.54, 1.807) is 23.3 Å². The highest BCUT2D eigenvalue weighted by Gasteiger charge is 2.40. The minimum absolute atomic E-state index is 0.299. The molecule has 4 heteroatoms. The van der Waals surface area contributed by atoms with Gasteiger partial charge in [0.2, 0.25) is 0 Å². The molecule has 138 valence electrons. The summed E-state index contributed by atoms with van der Waals surface area (Å²) in [4.78, 5) is 23.4. The average Bonchev–Trinajstić information content (AvgIpc) is 2.62. The van der Waals surface area contributed by atoms with Gasteiger partial charge in [-0.15, -0.1) is 0 Å². The quantitative estimate of drug-likeness (QED) is 0.418. The van der Waals surface area contributed by atoms with Crippen LogP contribution in [0.4, 0.5) is 0 Å². The summed E-state index contributed by atoms with van der Waals surface area (Å²) in [6.45, 7) is 2.89. The molecule has 1 aromatic rings. The standard InChI is InChI=1S/C22H26O4/c1-13(23)25-19-11-12-20(26-14(2)24)22-18-10-6-4-8-16(18)15-7-3-5-9-17(15)21(19)22/h11-12,17-18H,3-10H2,1-2H3/t17-,18+. The summed E-state index contributed by atoms with van der Waals surface area (Å²) in [5.74, 6) is 1.29. The Balaban J connectivity index is 1.93. The average molecular weight is 354 g/mol. The van der Waals surface area contributed by atoms with Gasteiger partial charge >= 0.3 is 11.9 Å². The van der Waals surface area contributed by atoms with Crippen LogP contribution in [-0.4, -0.2) is 11.9 Å². The van der Waals surface area contributed by atoms with Crippen LogP contribution in [0.2, 0.25) is 0 Å². The van der Waals surface area contributed by atoms with E-state index in [0.29, 0.717) is 23.3 Å². The van der Waals surface area contributed by atoms with Gasteiger partial charge in [0, 0.05) is 36.8 Å². The Morgan fingerprint density at radius 3 is 1.58 bits per heavy atom. The number of esters is 2. The molecule has 2 fully saturated rings. The number of ether oxygens (including phenoxy) is 2. The number of rotatable bonds is 2. The molecule has 0 saturated heterocycles. The highest BCUT2D eigenvalue weighted by atomic mass is 16.5. The molecule has 0 bridgehead atoms. The van der Waals surface area contributed by atoms with Gasteiger partial charge in [0.1, 0.15) is 11.5 Å². The summed E-state index contributed by atoms with van der Waals surface area (Å²) in [5, 5.41) is 0. The summed E-state index contributed by atoms with van der Waals surface area (Å²) in [7, 11) is 0. The van der Waals surface area contributed by atoms with Crippen molar-refractivity contribution in [3.63, 3.8) is 0 Å². The zero-order chi connectivity index (χ0) is 18.3. The Morgan fingerprint density at radius 2 is 1.19 bits per heavy atom. The van der Waals surface area contributed by atoms with Crippen molar-refractivity contribution >= 4 is 11.9 Å². The molecule has 0 aliphatic heterocycles. The highest BCUT2D eigenvalue weighted by Crippen LogP contribution is 2.57. The van der Waals surface area contributed by atoms with E-state index >= 15 is 0 Å². The van der Waals surface area contributed by atoms with E-state index in [0.717, 1.165) is 36.8 Å². The number of hydrogen-bond acceptors (Lipinski definition) is 4. The smallest absolute Gasteiger partial charge is 0.308 e. The maximum Gasteiger partial charge on any atom is 0.308 e. The third-order valence-corrected chi connectivity index (χ3v) is 6.04. The topological polar surface area (TPSA) is 52.6 Å². The van der Waals surface area contributed by atoms with Crippen molar-refractivity contribution < 1.29 is 19.1 Å². The van der Waals surface area contributed by atoms with E-state index in [-0.39, 0.29) is 11.9 Å². The highest BCUT2D eigenvalue weighted by molar-refractivity contribution is 5.74. The predicted molar refractivity (Wildman–Crippen MR) is 98.5 cm³/mol. The van der Waals surface area contributed by atoms with E-state index in [1.807, 2.05) is 0 Å². The lowest BCUT2D eigenvalue weighted by Crippen LogP contribution is -2.26. The fraction of sp³-hybridized carbons (Fsp3) is 0.545. The lowest BCUT2D eigenvalue weighted by molar-refractivity contribution is -0.133. The van der Waals surface area contributed by atoms with Crippen LogP contribution >= 0.6 is 0 Å². The Morgan fingerprint density at radius 1 is 0.769 bits per heavy atom. The molecule has 1 aromatic carbocycles. The SMILES string of the molecule is CC(=O)Oc1ccc(OC(C)=O)c2c1[C@@H]1CCCCC1=C1CCCC[C@@H]12. The van der Waals surface area contributed by atoms with E-state index in [2.05, 4.69) is 0 Å². The van der Waals surface area contributed by atoms with Crippen LogP contribution in [-0.2, 0) is 9.59 Å². The summed E-state index contributed by atoms with van der Waals surface area (Å²) in [5.41, 5.74) is 5.34. The van der Waals surface area contributed by atoms with E-state index in [4.69, 9.17) is 9.47 Å². The van der Waals surface area contributed by atoms with Crippen molar-refractivity contribution in [1.82, 2.24) is 0 Å². The molecule has 0 N–H and O–H groups in total. The predicted octanol–water partition coefficient (Wildman–Crippen LogP) is 5.16. The van der Waals surface area contributed by atoms with Gasteiger partial charge in [0.25, 0.3) is 0 Å². The van der Waals surface area contributed by atoms with Crippen molar-refractivity contribution in [3.05, 3.63) is 34.4 Å². The number of hydrogen-bond donors (Lipinski definition) is 0. The van der Waals surface area contributed by atoms with Crippen LogP contribution in [0.25, 0.3) is 0 Å². The van der Waals surface area contributed by atoms with Gasteiger partial charge in [-0.05, 0) is 50.7 Å². The van der Waals surface area contributed by atoms with Gasteiger partial charge in [-0.3, -0.25) is 9.59 Å². The second-order valence-electron chi connectivity index (χ2n) is 7.72. The molecule has 0 spiro atoms. The Kier molecular flexibility index (Phi) is 4.60. The van der Waals surface area contributed by atoms with Crippen molar-refractivity contribution in [3.8, 4) is 11.5 Å². The molecular formula is C22H26O4. The molecule has 3 aliphatic carbocycles. The van der Waals surface area contributed by atoms with E-state index < -0.39 is 0 Å². The first kappa shape index (κ1) is 17.3. The van der Waals surface area contributed by atoms with Gasteiger partial charge in [-0.1, -0.05) is 24.0 Å². The maximum absolute atomic E-state index is 11.7. The van der Waals surface area contributed by atoms with E-state index in [9.17, 15) is 9.59 Å². The first-order valence-corrected chi connectivity index (χ1v) is 9.81. The van der Waals surface area contributed by atoms with Crippen molar-refractivity contribution in [2.24, 2.45) is 0 Å². The Bertz CT molecular complexity index is 725. The summed E-state index contributed by atoms with van der Waals surface area (Å²) in [6.07, 6.45) is 9.30. The lowest BCUT2D eigenvalue weighted by atomic mass is 9.63. The van der Waals surface area contributed by atoms with Gasteiger partial charge in [0.05, 0.1) is 0 Å². The molecule has 2 saturated carbocycles. The third-order valence-electron chi connectivity index (χ3n) is 6.04. The van der Waals surface area contributed by atoms with Crippen LogP contribution < -0.4 is 9.47 Å². The monoisotopic (exact) mass is 354 g/mol. The number of carbonyl (C=O) groups is 2. The van der Waals surface area contributed by atoms with Crippen LogP contribution in [0, 0.1) is 0 Å². The molecule has 2 atom stereocenters. The fourth-order valence-corrected chi connectivity index (χ4v) is 5.23. The van der Waals surface area contributed by atoms with Crippen LogP contribution in [0.3, 0.4) is 0 Å². The second kappa shape index (κ2) is 6.90. The van der Waals surface area contributed by atoms with Gasteiger partial charge in [-0.25, -0.2) is 0 Å². The van der Waals surface area contributed by atoms with Crippen LogP contribution in [0.15, 0.2) is 23.3 Å². The zero-order valence-corrected chi connectivity index (χ0v) is 15.6. The fourth-order valence-electron chi connectivity index (χ4n) is 5.23. The minimum atomic E-state index is -0.303. The van der Waals surface area contributed by atoms with Crippen LogP contribution in [0.5, 0.6) is 11.5 Å². The number of carbonyl (C=O) groups excluding carboxylic acids is 2. The molecular weight excluding hydrogens is 328 g/mol. The van der Waals surface area contributed by atoms with Gasteiger partial charge < -0.3 is 9.47 Å². The zero-order valence-electron chi connectivity index (χ0n) is 15.6. The number of benzene rings is 1. The minimum Gasteiger partial charge on any atom is -0.426 e. The molecule has 0 aromatic heterocycles. The van der Waals surface area contributed by atoms with Crippen molar-refractivity contribution in [2.45, 2.75) is 77.0 Å². The van der Waals surface area contributed by atoms with Crippen molar-refractivity contribution in [1.29, 1.82) is 0 Å². The maximum atomic E-state index is 11.7. The van der Waals surface area contributed by atoms with Crippen LogP contribution in [0.1, 0.15) is 88.2 Å². The molecule has 26 heavy (non-hydrogen) atoms. The number of allylic oxidation sites excluding steroid dienone is 2. The molecule has 4 nitrogen and oxygen atoms in total. The first-order valence-electron chi connectivity index (χ1n) is 9.81. The summed E-state index contributed by atoms with van der Waals surface area (Å²) >= 11 is 0. The largest absolute Gasteiger partial charge is 0.426 e. The third kappa shape index (κ3) is 2.95. The lowest BCUT2D eigenvalue weighted by Gasteiger charge is -2.42. The molecule has 3 aliphatic rings. The summed E-state index contributed by atoms with van der Waals surface area (Å²) in [6, 6.07) is 3.61. The normalized spacial score (nSPS) is 24.2. The van der Waals surface area contributed by atoms with Gasteiger partial charge in [-0.2, -0.15) is 0 Å². The molecule has 0 radical (unpaired) electrons. The molecule has 0 heterocycles. The van der Waals surface area contributed by atoms with E-state index in [1.165, 1.54) is 39.5 Å². The van der Waals surface area contributed by atoms with Crippen molar-refractivity contribution in [2.75, 3.05) is 0 Å².